The molecular formula is C17H20FN3O2. The fraction of sp³-hybridized carbons (Fsp3) is 0.294. The molecule has 5 nitrogen and oxygen atoms in total. The topological polar surface area (TPSA) is 66.5 Å². The number of H-pyrrole nitrogens is 1. The number of esters is 1. The minimum Gasteiger partial charge on any atom is -0.462 e. The number of rotatable bonds is 5. The van der Waals surface area contributed by atoms with Gasteiger partial charge in [0.05, 0.1) is 29.3 Å². The van der Waals surface area contributed by atoms with Crippen LogP contribution in [0.5, 0.6) is 0 Å². The summed E-state index contributed by atoms with van der Waals surface area (Å²) in [6.45, 7) is 7.60. The Balaban J connectivity index is 2.23. The van der Waals surface area contributed by atoms with Gasteiger partial charge in [-0.2, -0.15) is 5.10 Å². The molecular weight excluding hydrogens is 297 g/mol. The van der Waals surface area contributed by atoms with Crippen LogP contribution in [-0.4, -0.2) is 23.3 Å². The third kappa shape index (κ3) is 3.77. The number of hydrazone groups is 1. The van der Waals surface area contributed by atoms with E-state index in [1.807, 2.05) is 20.8 Å². The van der Waals surface area contributed by atoms with Gasteiger partial charge in [-0.15, -0.1) is 0 Å². The van der Waals surface area contributed by atoms with Gasteiger partial charge < -0.3 is 9.72 Å². The summed E-state index contributed by atoms with van der Waals surface area (Å²) >= 11 is 0. The summed E-state index contributed by atoms with van der Waals surface area (Å²) in [6, 6.07) is 5.91. The zero-order valence-electron chi connectivity index (χ0n) is 13.7. The van der Waals surface area contributed by atoms with Crippen LogP contribution in [-0.2, 0) is 4.74 Å². The van der Waals surface area contributed by atoms with Crippen LogP contribution < -0.4 is 5.43 Å². The molecule has 0 fully saturated rings. The predicted octanol–water partition coefficient (Wildman–Crippen LogP) is 3.78. The lowest BCUT2D eigenvalue weighted by atomic mass is 10.1. The number of carbonyl (C=O) groups excluding carboxylic acids is 1. The summed E-state index contributed by atoms with van der Waals surface area (Å²) in [6.07, 6.45) is 0. The first-order chi connectivity index (χ1) is 10.9. The fourth-order valence-electron chi connectivity index (χ4n) is 2.35. The highest BCUT2D eigenvalue weighted by Crippen LogP contribution is 2.20. The lowest BCUT2D eigenvalue weighted by molar-refractivity contribution is 0.0525. The monoisotopic (exact) mass is 317 g/mol. The molecule has 0 aliphatic carbocycles. The van der Waals surface area contributed by atoms with E-state index < -0.39 is 0 Å². The van der Waals surface area contributed by atoms with Crippen molar-refractivity contribution in [2.75, 3.05) is 12.0 Å². The molecule has 0 saturated carbocycles. The Morgan fingerprint density at radius 2 is 1.96 bits per heavy atom. The Morgan fingerprint density at radius 3 is 2.57 bits per heavy atom. The Bertz CT molecular complexity index is 733. The summed E-state index contributed by atoms with van der Waals surface area (Å²) in [5.41, 5.74) is 7.07. The average Bonchev–Trinajstić information content (AvgIpc) is 2.81. The van der Waals surface area contributed by atoms with Gasteiger partial charge in [0.2, 0.25) is 0 Å². The zero-order valence-corrected chi connectivity index (χ0v) is 13.7. The summed E-state index contributed by atoms with van der Waals surface area (Å²) in [4.78, 5) is 15.2. The van der Waals surface area contributed by atoms with Gasteiger partial charge in [-0.05, 0) is 57.5 Å². The van der Waals surface area contributed by atoms with Gasteiger partial charge in [0.25, 0.3) is 0 Å². The lowest BCUT2D eigenvalue weighted by Gasteiger charge is -2.04. The second-order valence-corrected chi connectivity index (χ2v) is 5.16. The molecule has 0 saturated heterocycles. The molecule has 2 rings (SSSR count). The number of benzene rings is 1. The highest BCUT2D eigenvalue weighted by Gasteiger charge is 2.20. The van der Waals surface area contributed by atoms with E-state index in [1.165, 1.54) is 12.1 Å². The molecule has 1 aromatic heterocycles. The third-order valence-corrected chi connectivity index (χ3v) is 3.48. The number of aryl methyl sites for hydroxylation is 1. The number of carbonyl (C=O) groups is 1. The smallest absolute Gasteiger partial charge is 0.340 e. The van der Waals surface area contributed by atoms with Gasteiger partial charge in [0.1, 0.15) is 5.82 Å². The summed E-state index contributed by atoms with van der Waals surface area (Å²) in [5.74, 6) is -0.643. The van der Waals surface area contributed by atoms with Crippen molar-refractivity contribution in [2.45, 2.75) is 27.7 Å². The molecule has 0 aliphatic heterocycles. The molecule has 0 atom stereocenters. The molecule has 0 spiro atoms. The number of aromatic nitrogens is 1. The van der Waals surface area contributed by atoms with Crippen LogP contribution >= 0.6 is 0 Å². The first kappa shape index (κ1) is 16.7. The van der Waals surface area contributed by atoms with E-state index in [4.69, 9.17) is 4.74 Å². The van der Waals surface area contributed by atoms with Gasteiger partial charge in [0, 0.05) is 5.69 Å². The molecule has 1 aromatic carbocycles. The molecule has 0 bridgehead atoms. The number of hydrogen-bond donors (Lipinski definition) is 2. The van der Waals surface area contributed by atoms with E-state index in [1.54, 1.807) is 19.1 Å². The van der Waals surface area contributed by atoms with Crippen molar-refractivity contribution in [1.82, 2.24) is 4.98 Å². The van der Waals surface area contributed by atoms with Crippen molar-refractivity contribution in [2.24, 2.45) is 5.10 Å². The Labute approximate surface area is 134 Å². The maximum absolute atomic E-state index is 12.9. The number of ether oxygens (including phenoxy) is 1. The first-order valence-corrected chi connectivity index (χ1v) is 7.36. The maximum atomic E-state index is 12.9. The lowest BCUT2D eigenvalue weighted by Crippen LogP contribution is -2.07. The molecule has 6 heteroatoms. The van der Waals surface area contributed by atoms with Crippen molar-refractivity contribution in [1.29, 1.82) is 0 Å². The predicted molar refractivity (Wildman–Crippen MR) is 88.5 cm³/mol. The van der Waals surface area contributed by atoms with Crippen molar-refractivity contribution in [3.63, 3.8) is 0 Å². The van der Waals surface area contributed by atoms with Crippen LogP contribution in [0.3, 0.4) is 0 Å². The molecule has 122 valence electrons. The van der Waals surface area contributed by atoms with Crippen LogP contribution in [0.1, 0.15) is 41.2 Å². The quantitative estimate of drug-likeness (QED) is 0.501. The largest absolute Gasteiger partial charge is 0.462 e. The van der Waals surface area contributed by atoms with Crippen molar-refractivity contribution in [3.8, 4) is 0 Å². The van der Waals surface area contributed by atoms with Crippen LogP contribution in [0.25, 0.3) is 0 Å². The molecule has 2 N–H and O–H groups in total. The average molecular weight is 317 g/mol. The summed E-state index contributed by atoms with van der Waals surface area (Å²) in [5, 5.41) is 4.28. The zero-order chi connectivity index (χ0) is 17.0. The Kier molecular flexibility index (Phi) is 5.16. The van der Waals surface area contributed by atoms with Gasteiger partial charge in [0.15, 0.2) is 0 Å². The van der Waals surface area contributed by atoms with Crippen LogP contribution in [0.15, 0.2) is 29.4 Å². The minimum atomic E-state index is -0.343. The van der Waals surface area contributed by atoms with Gasteiger partial charge in [-0.1, -0.05) is 0 Å². The number of aromatic amines is 1. The molecule has 1 heterocycles. The van der Waals surface area contributed by atoms with Crippen molar-refractivity contribution < 1.29 is 13.9 Å². The Hall–Kier alpha value is -2.63. The van der Waals surface area contributed by atoms with Crippen LogP contribution in [0, 0.1) is 19.7 Å². The first-order valence-electron chi connectivity index (χ1n) is 7.36. The summed E-state index contributed by atoms with van der Waals surface area (Å²) in [7, 11) is 0. The molecule has 0 radical (unpaired) electrons. The van der Waals surface area contributed by atoms with E-state index in [-0.39, 0.29) is 11.8 Å². The summed E-state index contributed by atoms with van der Waals surface area (Å²) < 4.78 is 17.9. The van der Waals surface area contributed by atoms with E-state index in [2.05, 4.69) is 15.5 Å². The molecule has 2 aromatic rings. The maximum Gasteiger partial charge on any atom is 0.340 e. The highest BCUT2D eigenvalue weighted by molar-refractivity contribution is 6.03. The number of nitrogens with zero attached hydrogens (tertiary/aromatic N) is 1. The number of nitrogens with one attached hydrogen (secondary N) is 2. The standard InChI is InChI=1S/C17H20FN3O2/c1-5-23-17(22)15-10(2)16(19-11(15)3)12(4)20-21-14-8-6-13(18)7-9-14/h6-9,19,21H,5H2,1-4H3/b20-12+. The highest BCUT2D eigenvalue weighted by atomic mass is 19.1. The number of hydrogen-bond acceptors (Lipinski definition) is 4. The third-order valence-electron chi connectivity index (χ3n) is 3.48. The van der Waals surface area contributed by atoms with E-state index in [9.17, 15) is 9.18 Å². The normalized spacial score (nSPS) is 11.4. The second kappa shape index (κ2) is 7.09. The molecule has 0 unspecified atom stereocenters. The van der Waals surface area contributed by atoms with Gasteiger partial charge in [-0.25, -0.2) is 9.18 Å². The number of halogens is 1. The molecule has 0 amide bonds. The second-order valence-electron chi connectivity index (χ2n) is 5.16. The van der Waals surface area contributed by atoms with Crippen LogP contribution in [0.4, 0.5) is 10.1 Å². The van der Waals surface area contributed by atoms with E-state index >= 15 is 0 Å². The van der Waals surface area contributed by atoms with Crippen LogP contribution in [0.2, 0.25) is 0 Å². The van der Waals surface area contributed by atoms with E-state index in [0.717, 1.165) is 17.0 Å². The molecule has 0 aliphatic rings. The van der Waals surface area contributed by atoms with Gasteiger partial charge >= 0.3 is 5.97 Å². The van der Waals surface area contributed by atoms with Crippen molar-refractivity contribution >= 4 is 17.4 Å². The minimum absolute atomic E-state index is 0.300. The number of anilines is 1. The van der Waals surface area contributed by atoms with E-state index in [0.29, 0.717) is 23.6 Å². The Morgan fingerprint density at radius 1 is 1.30 bits per heavy atom. The van der Waals surface area contributed by atoms with Crippen molar-refractivity contribution in [3.05, 3.63) is 52.6 Å². The molecule has 23 heavy (non-hydrogen) atoms. The fourth-order valence-corrected chi connectivity index (χ4v) is 2.35. The van der Waals surface area contributed by atoms with Gasteiger partial charge in [-0.3, -0.25) is 5.43 Å². The SMILES string of the molecule is CCOC(=O)c1c(C)[nH]c(/C(C)=N/Nc2ccc(F)cc2)c1C.